The molecule has 3 aromatic rings. The van der Waals surface area contributed by atoms with E-state index in [1.807, 2.05) is 73.7 Å². The van der Waals surface area contributed by atoms with Gasteiger partial charge in [-0.15, -0.1) is 0 Å². The van der Waals surface area contributed by atoms with Crippen molar-refractivity contribution in [1.82, 2.24) is 15.6 Å². The van der Waals surface area contributed by atoms with Crippen molar-refractivity contribution in [2.24, 2.45) is 5.92 Å². The molecule has 2 aromatic carbocycles. The Kier molecular flexibility index (Phi) is 10.1. The van der Waals surface area contributed by atoms with Crippen LogP contribution in [0.1, 0.15) is 62.3 Å². The minimum Gasteiger partial charge on any atom is -0.493 e. The van der Waals surface area contributed by atoms with Crippen LogP contribution in [0.5, 0.6) is 5.75 Å². The number of hydrogen-bond donors (Lipinski definition) is 2. The Balaban J connectivity index is 1.66. The van der Waals surface area contributed by atoms with Crippen LogP contribution in [-0.2, 0) is 11.3 Å². The van der Waals surface area contributed by atoms with Gasteiger partial charge in [-0.3, -0.25) is 9.78 Å². The lowest BCUT2D eigenvalue weighted by atomic mass is 9.99. The molecule has 0 aliphatic heterocycles. The van der Waals surface area contributed by atoms with Gasteiger partial charge in [0.05, 0.1) is 18.6 Å². The van der Waals surface area contributed by atoms with Crippen molar-refractivity contribution in [3.05, 3.63) is 95.8 Å². The Morgan fingerprint density at radius 1 is 0.941 bits per heavy atom. The van der Waals surface area contributed by atoms with Crippen molar-refractivity contribution < 1.29 is 9.53 Å². The fourth-order valence-corrected chi connectivity index (χ4v) is 3.91. The number of benzene rings is 2. The molecule has 34 heavy (non-hydrogen) atoms. The lowest BCUT2D eigenvalue weighted by Gasteiger charge is -2.23. The van der Waals surface area contributed by atoms with Crippen molar-refractivity contribution in [3.63, 3.8) is 0 Å². The van der Waals surface area contributed by atoms with E-state index < -0.39 is 0 Å². The Hall–Kier alpha value is -3.18. The fraction of sp³-hybridized carbons (Fsp3) is 0.379. The highest BCUT2D eigenvalue weighted by Crippen LogP contribution is 2.21. The molecule has 5 heteroatoms. The summed E-state index contributed by atoms with van der Waals surface area (Å²) in [6.45, 7) is 8.39. The van der Waals surface area contributed by atoms with Crippen molar-refractivity contribution in [2.75, 3.05) is 13.2 Å². The van der Waals surface area contributed by atoms with Gasteiger partial charge in [-0.05, 0) is 60.2 Å². The molecule has 1 aromatic heterocycles. The van der Waals surface area contributed by atoms with Gasteiger partial charge in [0.25, 0.3) is 0 Å². The number of rotatable bonds is 13. The molecular weight excluding hydrogens is 422 g/mol. The summed E-state index contributed by atoms with van der Waals surface area (Å²) >= 11 is 0. The summed E-state index contributed by atoms with van der Waals surface area (Å²) in [7, 11) is 0. The molecule has 0 saturated carbocycles. The van der Waals surface area contributed by atoms with E-state index in [1.165, 1.54) is 6.42 Å². The molecule has 0 saturated heterocycles. The predicted molar refractivity (Wildman–Crippen MR) is 138 cm³/mol. The zero-order valence-electron chi connectivity index (χ0n) is 20.5. The maximum atomic E-state index is 13.1. The van der Waals surface area contributed by atoms with Gasteiger partial charge in [-0.1, -0.05) is 62.7 Å². The third-order valence-electron chi connectivity index (χ3n) is 6.03. The summed E-state index contributed by atoms with van der Waals surface area (Å²) in [5.41, 5.74) is 3.21. The zero-order chi connectivity index (χ0) is 24.2. The number of aromatic nitrogens is 1. The van der Waals surface area contributed by atoms with Gasteiger partial charge in [0.15, 0.2) is 0 Å². The number of ether oxygens (including phenoxy) is 1. The van der Waals surface area contributed by atoms with E-state index >= 15 is 0 Å². The first kappa shape index (κ1) is 25.4. The van der Waals surface area contributed by atoms with Crippen LogP contribution in [0.4, 0.5) is 0 Å². The van der Waals surface area contributed by atoms with Crippen molar-refractivity contribution in [1.29, 1.82) is 0 Å². The van der Waals surface area contributed by atoms with Crippen molar-refractivity contribution in [3.8, 4) is 5.75 Å². The third kappa shape index (κ3) is 7.99. The standard InChI is InChI=1S/C29H37N3O2/c1-4-8-22(2)21-34-27-13-11-26(12-14-27)28(20-31-19-24-15-17-30-18-16-24)32-29(33)23(3)25-9-6-5-7-10-25/h5-7,9-18,22-23,28,31H,4,8,19-21H2,1-3H3,(H,32,33)/t22?,23?,28-/m0/s1. The molecule has 2 N–H and O–H groups in total. The van der Waals surface area contributed by atoms with E-state index in [4.69, 9.17) is 4.74 Å². The normalized spacial score (nSPS) is 13.6. The Labute approximate surface area is 204 Å². The predicted octanol–water partition coefficient (Wildman–Crippen LogP) is 5.65. The Morgan fingerprint density at radius 2 is 1.65 bits per heavy atom. The van der Waals surface area contributed by atoms with Crippen LogP contribution in [0.15, 0.2) is 79.1 Å². The third-order valence-corrected chi connectivity index (χ3v) is 6.03. The van der Waals surface area contributed by atoms with Crippen molar-refractivity contribution in [2.45, 2.75) is 52.1 Å². The molecule has 3 atom stereocenters. The Morgan fingerprint density at radius 3 is 2.32 bits per heavy atom. The zero-order valence-corrected chi connectivity index (χ0v) is 20.5. The minimum absolute atomic E-state index is 0.00984. The molecule has 5 nitrogen and oxygen atoms in total. The number of carbonyl (C=O) groups excluding carboxylic acids is 1. The van der Waals surface area contributed by atoms with E-state index in [-0.39, 0.29) is 17.9 Å². The first-order valence-electron chi connectivity index (χ1n) is 12.2. The number of nitrogens with zero attached hydrogens (tertiary/aromatic N) is 1. The summed E-state index contributed by atoms with van der Waals surface area (Å²) in [6.07, 6.45) is 5.91. The smallest absolute Gasteiger partial charge is 0.227 e. The lowest BCUT2D eigenvalue weighted by Crippen LogP contribution is -2.37. The molecule has 1 heterocycles. The summed E-state index contributed by atoms with van der Waals surface area (Å²) in [5, 5.41) is 6.73. The molecular formula is C29H37N3O2. The summed E-state index contributed by atoms with van der Waals surface area (Å²) in [6, 6.07) is 21.8. The van der Waals surface area contributed by atoms with Crippen LogP contribution < -0.4 is 15.4 Å². The average Bonchev–Trinajstić information content (AvgIpc) is 2.88. The summed E-state index contributed by atoms with van der Waals surface area (Å²) in [4.78, 5) is 17.2. The first-order valence-corrected chi connectivity index (χ1v) is 12.2. The largest absolute Gasteiger partial charge is 0.493 e. The molecule has 3 rings (SSSR count). The SMILES string of the molecule is CCCC(C)COc1ccc([C@H](CNCc2ccncc2)NC(=O)C(C)c2ccccc2)cc1. The van der Waals surface area contributed by atoms with E-state index in [2.05, 4.69) is 29.5 Å². The van der Waals surface area contributed by atoms with Crippen LogP contribution in [0, 0.1) is 5.92 Å². The van der Waals surface area contributed by atoms with Crippen LogP contribution in [-0.4, -0.2) is 24.0 Å². The molecule has 0 aliphatic rings. The van der Waals surface area contributed by atoms with E-state index in [9.17, 15) is 4.79 Å². The molecule has 0 fully saturated rings. The molecule has 0 bridgehead atoms. The van der Waals surface area contributed by atoms with Crippen LogP contribution >= 0.6 is 0 Å². The number of carbonyl (C=O) groups is 1. The van der Waals surface area contributed by atoms with Gasteiger partial charge >= 0.3 is 0 Å². The first-order chi connectivity index (χ1) is 16.6. The molecule has 0 aliphatic carbocycles. The molecule has 0 radical (unpaired) electrons. The van der Waals surface area contributed by atoms with E-state index in [0.29, 0.717) is 19.0 Å². The van der Waals surface area contributed by atoms with Gasteiger partial charge in [0, 0.05) is 25.5 Å². The van der Waals surface area contributed by atoms with E-state index in [0.717, 1.165) is 35.5 Å². The quantitative estimate of drug-likeness (QED) is 0.347. The fourth-order valence-electron chi connectivity index (χ4n) is 3.91. The lowest BCUT2D eigenvalue weighted by molar-refractivity contribution is -0.123. The molecule has 0 spiro atoms. The van der Waals surface area contributed by atoms with Gasteiger partial charge < -0.3 is 15.4 Å². The minimum atomic E-state index is -0.230. The average molecular weight is 460 g/mol. The molecule has 2 unspecified atom stereocenters. The van der Waals surface area contributed by atoms with Gasteiger partial charge in [-0.2, -0.15) is 0 Å². The monoisotopic (exact) mass is 459 g/mol. The van der Waals surface area contributed by atoms with E-state index in [1.54, 1.807) is 12.4 Å². The van der Waals surface area contributed by atoms with Gasteiger partial charge in [0.2, 0.25) is 5.91 Å². The summed E-state index contributed by atoms with van der Waals surface area (Å²) in [5.74, 6) is 1.18. The molecule has 1 amide bonds. The number of amides is 1. The topological polar surface area (TPSA) is 63.2 Å². The highest BCUT2D eigenvalue weighted by atomic mass is 16.5. The van der Waals surface area contributed by atoms with Crippen LogP contribution in [0.25, 0.3) is 0 Å². The highest BCUT2D eigenvalue weighted by Gasteiger charge is 2.20. The van der Waals surface area contributed by atoms with Crippen molar-refractivity contribution >= 4 is 5.91 Å². The van der Waals surface area contributed by atoms with Gasteiger partial charge in [-0.25, -0.2) is 0 Å². The number of nitrogens with one attached hydrogen (secondary N) is 2. The maximum Gasteiger partial charge on any atom is 0.227 e. The summed E-state index contributed by atoms with van der Waals surface area (Å²) < 4.78 is 5.96. The second-order valence-electron chi connectivity index (χ2n) is 8.95. The van der Waals surface area contributed by atoms with Gasteiger partial charge in [0.1, 0.15) is 5.75 Å². The highest BCUT2D eigenvalue weighted by molar-refractivity contribution is 5.83. The number of hydrogen-bond acceptors (Lipinski definition) is 4. The Bertz CT molecular complexity index is 977. The second-order valence-corrected chi connectivity index (χ2v) is 8.95. The maximum absolute atomic E-state index is 13.1. The van der Waals surface area contributed by atoms with Crippen LogP contribution in [0.3, 0.4) is 0 Å². The molecule has 180 valence electrons. The number of pyridine rings is 1. The van der Waals surface area contributed by atoms with Crippen LogP contribution in [0.2, 0.25) is 0 Å². The second kappa shape index (κ2) is 13.5.